The van der Waals surface area contributed by atoms with Crippen LogP contribution in [0, 0.1) is 5.92 Å². The Balaban J connectivity index is 2.80. The van der Waals surface area contributed by atoms with E-state index in [9.17, 15) is 4.79 Å². The van der Waals surface area contributed by atoms with Gasteiger partial charge in [-0.15, -0.1) is 0 Å². The van der Waals surface area contributed by atoms with Gasteiger partial charge in [0, 0.05) is 19.6 Å². The molecule has 0 radical (unpaired) electrons. The van der Waals surface area contributed by atoms with E-state index in [4.69, 9.17) is 9.47 Å². The lowest BCUT2D eigenvalue weighted by molar-refractivity contribution is -0.131. The molecule has 5 nitrogen and oxygen atoms in total. The SMILES string of the molecule is CCN(CC)CCN(CC(C)C)C(=O)Cc1ccc(OC)c(OC)c1. The van der Waals surface area contributed by atoms with Crippen LogP contribution >= 0.6 is 0 Å². The molecule has 0 aliphatic rings. The molecular formula is C20H34N2O3. The second-order valence-electron chi connectivity index (χ2n) is 6.63. The number of carbonyl (C=O) groups is 1. The molecule has 1 amide bonds. The first-order chi connectivity index (χ1) is 11.9. The molecule has 0 fully saturated rings. The topological polar surface area (TPSA) is 42.0 Å². The van der Waals surface area contributed by atoms with Gasteiger partial charge in [0.15, 0.2) is 11.5 Å². The van der Waals surface area contributed by atoms with Crippen molar-refractivity contribution in [2.75, 3.05) is 46.9 Å². The molecule has 1 aromatic carbocycles. The van der Waals surface area contributed by atoms with Crippen LogP contribution < -0.4 is 9.47 Å². The highest BCUT2D eigenvalue weighted by Crippen LogP contribution is 2.27. The fourth-order valence-electron chi connectivity index (χ4n) is 2.84. The van der Waals surface area contributed by atoms with Gasteiger partial charge in [-0.3, -0.25) is 4.79 Å². The highest BCUT2D eigenvalue weighted by atomic mass is 16.5. The van der Waals surface area contributed by atoms with Gasteiger partial charge in [0.05, 0.1) is 20.6 Å². The molecule has 0 spiro atoms. The molecule has 0 unspecified atom stereocenters. The van der Waals surface area contributed by atoms with E-state index < -0.39 is 0 Å². The zero-order valence-electron chi connectivity index (χ0n) is 16.7. The normalized spacial score (nSPS) is 11.0. The van der Waals surface area contributed by atoms with Gasteiger partial charge in [-0.1, -0.05) is 33.8 Å². The molecule has 0 aliphatic carbocycles. The Bertz CT molecular complexity index is 528. The Hall–Kier alpha value is -1.75. The number of ether oxygens (including phenoxy) is 2. The maximum absolute atomic E-state index is 12.8. The van der Waals surface area contributed by atoms with Gasteiger partial charge < -0.3 is 19.3 Å². The zero-order chi connectivity index (χ0) is 18.8. The molecule has 1 aromatic rings. The molecule has 5 heteroatoms. The monoisotopic (exact) mass is 350 g/mol. The van der Waals surface area contributed by atoms with Crippen LogP contribution in [0.2, 0.25) is 0 Å². The van der Waals surface area contributed by atoms with Crippen LogP contribution in [0.15, 0.2) is 18.2 Å². The van der Waals surface area contributed by atoms with Crippen LogP contribution in [-0.4, -0.2) is 62.7 Å². The second-order valence-corrected chi connectivity index (χ2v) is 6.63. The second kappa shape index (κ2) is 11.0. The van der Waals surface area contributed by atoms with Crippen LogP contribution in [0.4, 0.5) is 0 Å². The number of carbonyl (C=O) groups excluding carboxylic acids is 1. The van der Waals surface area contributed by atoms with Gasteiger partial charge in [0.25, 0.3) is 0 Å². The van der Waals surface area contributed by atoms with Crippen molar-refractivity contribution in [3.05, 3.63) is 23.8 Å². The molecule has 0 aliphatic heterocycles. The van der Waals surface area contributed by atoms with E-state index in [1.54, 1.807) is 14.2 Å². The third kappa shape index (κ3) is 6.94. The van der Waals surface area contributed by atoms with E-state index in [1.807, 2.05) is 23.1 Å². The highest BCUT2D eigenvalue weighted by molar-refractivity contribution is 5.79. The molecule has 0 aromatic heterocycles. The summed E-state index contributed by atoms with van der Waals surface area (Å²) in [6, 6.07) is 5.66. The van der Waals surface area contributed by atoms with Gasteiger partial charge in [-0.2, -0.15) is 0 Å². The van der Waals surface area contributed by atoms with Crippen molar-refractivity contribution in [2.45, 2.75) is 34.1 Å². The van der Waals surface area contributed by atoms with Crippen LogP contribution in [0.3, 0.4) is 0 Å². The summed E-state index contributed by atoms with van der Waals surface area (Å²) in [5.74, 6) is 1.95. The molecule has 0 atom stereocenters. The number of rotatable bonds is 11. The minimum absolute atomic E-state index is 0.160. The first-order valence-corrected chi connectivity index (χ1v) is 9.16. The van der Waals surface area contributed by atoms with Gasteiger partial charge in [0.2, 0.25) is 5.91 Å². The number of benzene rings is 1. The maximum Gasteiger partial charge on any atom is 0.227 e. The lowest BCUT2D eigenvalue weighted by Crippen LogP contribution is -2.41. The van der Waals surface area contributed by atoms with Crippen LogP contribution in [0.1, 0.15) is 33.3 Å². The summed E-state index contributed by atoms with van der Waals surface area (Å²) in [7, 11) is 3.22. The quantitative estimate of drug-likeness (QED) is 0.615. The third-order valence-electron chi connectivity index (χ3n) is 4.32. The smallest absolute Gasteiger partial charge is 0.227 e. The predicted molar refractivity (Wildman–Crippen MR) is 102 cm³/mol. The number of nitrogens with zero attached hydrogens (tertiary/aromatic N) is 2. The fraction of sp³-hybridized carbons (Fsp3) is 0.650. The predicted octanol–water partition coefficient (Wildman–Crippen LogP) is 3.07. The van der Waals surface area contributed by atoms with E-state index in [2.05, 4.69) is 32.6 Å². The summed E-state index contributed by atoms with van der Waals surface area (Å²) >= 11 is 0. The van der Waals surface area contributed by atoms with E-state index in [0.29, 0.717) is 23.8 Å². The number of hydrogen-bond donors (Lipinski definition) is 0. The Morgan fingerprint density at radius 2 is 1.68 bits per heavy atom. The van der Waals surface area contributed by atoms with Gasteiger partial charge in [-0.25, -0.2) is 0 Å². The van der Waals surface area contributed by atoms with Crippen molar-refractivity contribution < 1.29 is 14.3 Å². The fourth-order valence-corrected chi connectivity index (χ4v) is 2.84. The molecule has 0 bridgehead atoms. The maximum atomic E-state index is 12.8. The molecule has 0 saturated heterocycles. The van der Waals surface area contributed by atoms with Crippen molar-refractivity contribution in [1.29, 1.82) is 0 Å². The van der Waals surface area contributed by atoms with Crippen LogP contribution in [-0.2, 0) is 11.2 Å². The minimum atomic E-state index is 0.160. The average molecular weight is 351 g/mol. The van der Waals surface area contributed by atoms with E-state index in [1.165, 1.54) is 0 Å². The first-order valence-electron chi connectivity index (χ1n) is 9.16. The lowest BCUT2D eigenvalue weighted by Gasteiger charge is -2.28. The molecular weight excluding hydrogens is 316 g/mol. The Kier molecular flexibility index (Phi) is 9.35. The first kappa shape index (κ1) is 21.3. The number of likely N-dealkylation sites (N-methyl/N-ethyl adjacent to an activating group) is 1. The summed E-state index contributed by atoms with van der Waals surface area (Å²) in [6.07, 6.45) is 0.380. The number of amides is 1. The number of methoxy groups -OCH3 is 2. The summed E-state index contributed by atoms with van der Waals surface area (Å²) < 4.78 is 10.6. The van der Waals surface area contributed by atoms with E-state index in [-0.39, 0.29) is 5.91 Å². The average Bonchev–Trinajstić information content (AvgIpc) is 2.60. The molecule has 0 N–H and O–H groups in total. The van der Waals surface area contributed by atoms with Crippen LogP contribution in [0.5, 0.6) is 11.5 Å². The van der Waals surface area contributed by atoms with Crippen molar-refractivity contribution in [2.24, 2.45) is 5.92 Å². The largest absolute Gasteiger partial charge is 0.493 e. The summed E-state index contributed by atoms with van der Waals surface area (Å²) in [5, 5.41) is 0. The number of hydrogen-bond acceptors (Lipinski definition) is 4. The Labute approximate surface area is 152 Å². The van der Waals surface area contributed by atoms with E-state index in [0.717, 1.165) is 38.3 Å². The molecule has 0 heterocycles. The Morgan fingerprint density at radius 1 is 1.04 bits per heavy atom. The van der Waals surface area contributed by atoms with Gasteiger partial charge in [0.1, 0.15) is 0 Å². The third-order valence-corrected chi connectivity index (χ3v) is 4.32. The lowest BCUT2D eigenvalue weighted by atomic mass is 10.1. The van der Waals surface area contributed by atoms with Gasteiger partial charge >= 0.3 is 0 Å². The van der Waals surface area contributed by atoms with Crippen molar-refractivity contribution in [3.63, 3.8) is 0 Å². The molecule has 1 rings (SSSR count). The van der Waals surface area contributed by atoms with Crippen molar-refractivity contribution in [3.8, 4) is 11.5 Å². The van der Waals surface area contributed by atoms with Crippen molar-refractivity contribution >= 4 is 5.91 Å². The van der Waals surface area contributed by atoms with Gasteiger partial charge in [-0.05, 0) is 36.7 Å². The standard InChI is InChI=1S/C20H34N2O3/c1-7-21(8-2)11-12-22(15-16(3)4)20(23)14-17-9-10-18(24-5)19(13-17)25-6/h9-10,13,16H,7-8,11-12,14-15H2,1-6H3. The Morgan fingerprint density at radius 3 is 2.20 bits per heavy atom. The zero-order valence-corrected chi connectivity index (χ0v) is 16.7. The summed E-state index contributed by atoms with van der Waals surface area (Å²) in [6.45, 7) is 13.1. The van der Waals surface area contributed by atoms with Crippen LogP contribution in [0.25, 0.3) is 0 Å². The molecule has 0 saturated carbocycles. The minimum Gasteiger partial charge on any atom is -0.493 e. The molecule has 142 valence electrons. The van der Waals surface area contributed by atoms with Crippen molar-refractivity contribution in [1.82, 2.24) is 9.80 Å². The molecule has 25 heavy (non-hydrogen) atoms. The summed E-state index contributed by atoms with van der Waals surface area (Å²) in [4.78, 5) is 17.2. The summed E-state index contributed by atoms with van der Waals surface area (Å²) in [5.41, 5.74) is 0.944. The highest BCUT2D eigenvalue weighted by Gasteiger charge is 2.17. The van der Waals surface area contributed by atoms with E-state index >= 15 is 0 Å².